The molecule has 0 saturated carbocycles. The predicted octanol–water partition coefficient (Wildman–Crippen LogP) is 1.97. The van der Waals surface area contributed by atoms with Crippen molar-refractivity contribution < 1.29 is 4.39 Å². The number of halogens is 1. The molecule has 0 aliphatic carbocycles. The summed E-state index contributed by atoms with van der Waals surface area (Å²) in [6, 6.07) is 6.58. The average Bonchev–Trinajstić information content (AvgIpc) is 2.09. The molecular formula is C10H15FN2. The van der Waals surface area contributed by atoms with E-state index in [1.165, 1.54) is 6.07 Å². The number of para-hydroxylation sites is 1. The van der Waals surface area contributed by atoms with E-state index in [4.69, 9.17) is 5.73 Å². The molecule has 13 heavy (non-hydrogen) atoms. The molecule has 3 N–H and O–H groups in total. The Morgan fingerprint density at radius 3 is 2.54 bits per heavy atom. The van der Waals surface area contributed by atoms with E-state index in [0.29, 0.717) is 12.2 Å². The van der Waals surface area contributed by atoms with Gasteiger partial charge >= 0.3 is 0 Å². The number of benzene rings is 1. The lowest BCUT2D eigenvalue weighted by molar-refractivity contribution is 0.565. The van der Waals surface area contributed by atoms with Gasteiger partial charge in [0.05, 0.1) is 5.69 Å². The first-order chi connectivity index (χ1) is 6.05. The van der Waals surface area contributed by atoms with E-state index in [1.807, 2.05) is 13.8 Å². The highest BCUT2D eigenvalue weighted by atomic mass is 19.1. The number of nitrogens with one attached hydrogen (secondary N) is 1. The van der Waals surface area contributed by atoms with Crippen LogP contribution in [0.2, 0.25) is 0 Å². The van der Waals surface area contributed by atoms with Gasteiger partial charge in [0, 0.05) is 12.1 Å². The fourth-order valence-corrected chi connectivity index (χ4v) is 0.978. The number of nitrogens with two attached hydrogens (primary N) is 1. The van der Waals surface area contributed by atoms with Crippen LogP contribution in [0, 0.1) is 5.82 Å². The smallest absolute Gasteiger partial charge is 0.146 e. The average molecular weight is 182 g/mol. The molecule has 1 aromatic rings. The van der Waals surface area contributed by atoms with Crippen molar-refractivity contribution in [2.75, 3.05) is 11.9 Å². The van der Waals surface area contributed by atoms with Crippen molar-refractivity contribution in [2.45, 2.75) is 19.4 Å². The third-order valence-corrected chi connectivity index (χ3v) is 1.86. The SMILES string of the molecule is CC(C)(CN)Nc1ccccc1F. The Hall–Kier alpha value is -1.09. The van der Waals surface area contributed by atoms with Crippen molar-refractivity contribution >= 4 is 5.69 Å². The second-order valence-electron chi connectivity index (χ2n) is 3.69. The summed E-state index contributed by atoms with van der Waals surface area (Å²) in [4.78, 5) is 0. The zero-order valence-electron chi connectivity index (χ0n) is 7.97. The second-order valence-corrected chi connectivity index (χ2v) is 3.69. The highest BCUT2D eigenvalue weighted by molar-refractivity contribution is 5.46. The summed E-state index contributed by atoms with van der Waals surface area (Å²) in [5.74, 6) is -0.246. The maximum absolute atomic E-state index is 13.2. The van der Waals surface area contributed by atoms with Gasteiger partial charge in [-0.05, 0) is 26.0 Å². The van der Waals surface area contributed by atoms with Crippen LogP contribution in [0.15, 0.2) is 24.3 Å². The van der Waals surface area contributed by atoms with Gasteiger partial charge in [0.25, 0.3) is 0 Å². The standard InChI is InChI=1S/C10H15FN2/c1-10(2,7-12)13-9-6-4-3-5-8(9)11/h3-6,13H,7,12H2,1-2H3. The Bertz CT molecular complexity index is 284. The summed E-state index contributed by atoms with van der Waals surface area (Å²) in [6.45, 7) is 4.32. The van der Waals surface area contributed by atoms with Crippen LogP contribution in [0.25, 0.3) is 0 Å². The summed E-state index contributed by atoms with van der Waals surface area (Å²) in [5.41, 5.74) is 5.74. The summed E-state index contributed by atoms with van der Waals surface area (Å²) in [5, 5.41) is 3.04. The topological polar surface area (TPSA) is 38.0 Å². The van der Waals surface area contributed by atoms with Gasteiger partial charge in [-0.15, -0.1) is 0 Å². The lowest BCUT2D eigenvalue weighted by atomic mass is 10.1. The zero-order valence-corrected chi connectivity index (χ0v) is 7.97. The van der Waals surface area contributed by atoms with E-state index in [2.05, 4.69) is 5.32 Å². The Balaban J connectivity index is 2.80. The van der Waals surface area contributed by atoms with Crippen LogP contribution in [-0.2, 0) is 0 Å². The van der Waals surface area contributed by atoms with Crippen molar-refractivity contribution in [3.63, 3.8) is 0 Å². The zero-order chi connectivity index (χ0) is 9.90. The summed E-state index contributed by atoms with van der Waals surface area (Å²) in [6.07, 6.45) is 0. The first-order valence-corrected chi connectivity index (χ1v) is 4.28. The number of hydrogen-bond acceptors (Lipinski definition) is 2. The number of rotatable bonds is 3. The lowest BCUT2D eigenvalue weighted by Crippen LogP contribution is -2.39. The number of anilines is 1. The van der Waals surface area contributed by atoms with Crippen LogP contribution >= 0.6 is 0 Å². The molecule has 0 aliphatic heterocycles. The van der Waals surface area contributed by atoms with E-state index in [0.717, 1.165) is 0 Å². The summed E-state index contributed by atoms with van der Waals surface area (Å²) < 4.78 is 13.2. The molecule has 0 aromatic heterocycles. The fourth-order valence-electron chi connectivity index (χ4n) is 0.978. The van der Waals surface area contributed by atoms with Crippen LogP contribution in [-0.4, -0.2) is 12.1 Å². The molecule has 2 nitrogen and oxygen atoms in total. The molecule has 0 atom stereocenters. The first-order valence-electron chi connectivity index (χ1n) is 4.28. The molecule has 1 aromatic carbocycles. The third-order valence-electron chi connectivity index (χ3n) is 1.86. The first kappa shape index (κ1) is 9.99. The molecule has 0 unspecified atom stereocenters. The minimum atomic E-state index is -0.276. The van der Waals surface area contributed by atoms with Crippen molar-refractivity contribution in [1.82, 2.24) is 0 Å². The van der Waals surface area contributed by atoms with Gasteiger partial charge in [-0.1, -0.05) is 12.1 Å². The largest absolute Gasteiger partial charge is 0.377 e. The van der Waals surface area contributed by atoms with Crippen molar-refractivity contribution in [1.29, 1.82) is 0 Å². The van der Waals surface area contributed by atoms with Crippen molar-refractivity contribution in [3.05, 3.63) is 30.1 Å². The van der Waals surface area contributed by atoms with E-state index in [1.54, 1.807) is 18.2 Å². The Labute approximate surface area is 77.9 Å². The minimum Gasteiger partial charge on any atom is -0.377 e. The normalized spacial score (nSPS) is 11.4. The van der Waals surface area contributed by atoms with E-state index in [-0.39, 0.29) is 11.4 Å². The molecule has 0 amide bonds. The highest BCUT2D eigenvalue weighted by Gasteiger charge is 2.15. The van der Waals surface area contributed by atoms with Crippen molar-refractivity contribution in [2.24, 2.45) is 5.73 Å². The molecule has 0 saturated heterocycles. The molecule has 0 bridgehead atoms. The molecule has 0 heterocycles. The minimum absolute atomic E-state index is 0.246. The quantitative estimate of drug-likeness (QED) is 0.750. The Kier molecular flexibility index (Phi) is 2.88. The van der Waals surface area contributed by atoms with Gasteiger partial charge in [-0.25, -0.2) is 4.39 Å². The van der Waals surface area contributed by atoms with Gasteiger partial charge in [0.15, 0.2) is 0 Å². The molecule has 0 spiro atoms. The molecule has 3 heteroatoms. The predicted molar refractivity (Wildman–Crippen MR) is 53.2 cm³/mol. The van der Waals surface area contributed by atoms with Gasteiger partial charge in [0.1, 0.15) is 5.82 Å². The van der Waals surface area contributed by atoms with Crippen LogP contribution in [0.1, 0.15) is 13.8 Å². The second kappa shape index (κ2) is 3.75. The molecule has 1 rings (SSSR count). The molecule has 0 fully saturated rings. The lowest BCUT2D eigenvalue weighted by Gasteiger charge is -2.25. The Morgan fingerprint density at radius 1 is 1.38 bits per heavy atom. The van der Waals surface area contributed by atoms with Gasteiger partial charge in [0.2, 0.25) is 0 Å². The van der Waals surface area contributed by atoms with Gasteiger partial charge in [-0.2, -0.15) is 0 Å². The summed E-state index contributed by atoms with van der Waals surface area (Å²) >= 11 is 0. The van der Waals surface area contributed by atoms with Crippen LogP contribution in [0.3, 0.4) is 0 Å². The highest BCUT2D eigenvalue weighted by Crippen LogP contribution is 2.17. The fraction of sp³-hybridized carbons (Fsp3) is 0.400. The van der Waals surface area contributed by atoms with E-state index < -0.39 is 0 Å². The van der Waals surface area contributed by atoms with Crippen LogP contribution in [0.5, 0.6) is 0 Å². The van der Waals surface area contributed by atoms with Gasteiger partial charge in [-0.3, -0.25) is 0 Å². The van der Waals surface area contributed by atoms with Gasteiger partial charge < -0.3 is 11.1 Å². The van der Waals surface area contributed by atoms with Crippen molar-refractivity contribution in [3.8, 4) is 0 Å². The molecule has 0 radical (unpaired) electrons. The maximum atomic E-state index is 13.2. The molecular weight excluding hydrogens is 167 g/mol. The third kappa shape index (κ3) is 2.70. The maximum Gasteiger partial charge on any atom is 0.146 e. The molecule has 0 aliphatic rings. The van der Waals surface area contributed by atoms with Crippen LogP contribution < -0.4 is 11.1 Å². The summed E-state index contributed by atoms with van der Waals surface area (Å²) in [7, 11) is 0. The number of hydrogen-bond donors (Lipinski definition) is 2. The monoisotopic (exact) mass is 182 g/mol. The van der Waals surface area contributed by atoms with E-state index >= 15 is 0 Å². The molecule has 72 valence electrons. The Morgan fingerprint density at radius 2 is 2.00 bits per heavy atom. The van der Waals surface area contributed by atoms with Crippen LogP contribution in [0.4, 0.5) is 10.1 Å². The van der Waals surface area contributed by atoms with E-state index in [9.17, 15) is 4.39 Å².